The molecule has 4 nitrogen and oxygen atoms in total. The van der Waals surface area contributed by atoms with Gasteiger partial charge in [0.2, 0.25) is 0 Å². The normalized spacial score (nSPS) is 16.3. The van der Waals surface area contributed by atoms with Crippen LogP contribution in [0.15, 0.2) is 35.4 Å². The van der Waals surface area contributed by atoms with Crippen LogP contribution in [0.5, 0.6) is 0 Å². The number of benzene rings is 1. The van der Waals surface area contributed by atoms with Gasteiger partial charge in [0.1, 0.15) is 0 Å². The van der Waals surface area contributed by atoms with Crippen LogP contribution in [0.25, 0.3) is 0 Å². The first-order valence-corrected chi connectivity index (χ1v) is 5.57. The summed E-state index contributed by atoms with van der Waals surface area (Å²) in [5.41, 5.74) is 5.11. The van der Waals surface area contributed by atoms with Gasteiger partial charge in [-0.2, -0.15) is 5.43 Å². The van der Waals surface area contributed by atoms with Gasteiger partial charge in [-0.3, -0.25) is 10.3 Å². The quantitative estimate of drug-likeness (QED) is 0.459. The second-order valence-corrected chi connectivity index (χ2v) is 3.76. The number of hydrogen-bond acceptors (Lipinski definition) is 3. The van der Waals surface area contributed by atoms with E-state index in [1.807, 2.05) is 37.3 Å². The molecule has 1 aromatic rings. The van der Waals surface area contributed by atoms with Crippen molar-refractivity contribution in [2.24, 2.45) is 5.10 Å². The Morgan fingerprint density at radius 1 is 1.38 bits per heavy atom. The maximum absolute atomic E-state index is 4.32. The van der Waals surface area contributed by atoms with Crippen molar-refractivity contribution >= 4 is 11.7 Å². The fourth-order valence-corrected chi connectivity index (χ4v) is 1.54. The Balaban J connectivity index is 1.99. The van der Waals surface area contributed by atoms with Crippen molar-refractivity contribution in [2.45, 2.75) is 13.3 Å². The molecule has 0 aliphatic carbocycles. The summed E-state index contributed by atoms with van der Waals surface area (Å²) in [6.45, 7) is 3.98. The lowest BCUT2D eigenvalue weighted by molar-refractivity contribution is -0.466. The third kappa shape index (κ3) is 2.82. The van der Waals surface area contributed by atoms with Gasteiger partial charge in [0.25, 0.3) is 0 Å². The van der Waals surface area contributed by atoms with Crippen molar-refractivity contribution in [3.63, 3.8) is 0 Å². The number of rotatable bonds is 2. The highest BCUT2D eigenvalue weighted by Gasteiger charge is 2.08. The number of nitrogens with one attached hydrogen (secondary N) is 3. The maximum atomic E-state index is 4.32. The number of guanidine groups is 1. The minimum Gasteiger partial charge on any atom is -0.276 e. The number of nitrogens with zero attached hydrogens (tertiary/aromatic N) is 1. The predicted molar refractivity (Wildman–Crippen MR) is 65.2 cm³/mol. The van der Waals surface area contributed by atoms with E-state index in [0.717, 1.165) is 36.7 Å². The van der Waals surface area contributed by atoms with E-state index in [1.54, 1.807) is 0 Å². The second kappa shape index (κ2) is 5.30. The molecule has 16 heavy (non-hydrogen) atoms. The standard InChI is InChI=1S/C12H16N4/c1-10(11-6-3-2-4-7-11)15-16-12-13-8-5-9-14-12/h2-4,6-7H,5,8-9H2,1H3,(H2,13,14,16)/p+1. The molecule has 4 heteroatoms. The van der Waals surface area contributed by atoms with Crippen LogP contribution in [0.1, 0.15) is 18.9 Å². The highest BCUT2D eigenvalue weighted by Crippen LogP contribution is 1.99. The van der Waals surface area contributed by atoms with Crippen LogP contribution in [0, 0.1) is 0 Å². The molecule has 0 radical (unpaired) electrons. The average molecular weight is 217 g/mol. The third-order valence-corrected chi connectivity index (χ3v) is 2.48. The maximum Gasteiger partial charge on any atom is 0.367 e. The zero-order chi connectivity index (χ0) is 11.2. The lowest BCUT2D eigenvalue weighted by Gasteiger charge is -2.07. The smallest absolute Gasteiger partial charge is 0.276 e. The number of hydrogen-bond donors (Lipinski definition) is 3. The van der Waals surface area contributed by atoms with E-state index < -0.39 is 0 Å². The monoisotopic (exact) mass is 217 g/mol. The Morgan fingerprint density at radius 2 is 2.19 bits per heavy atom. The zero-order valence-corrected chi connectivity index (χ0v) is 9.46. The molecule has 84 valence electrons. The van der Waals surface area contributed by atoms with Gasteiger partial charge in [0.15, 0.2) is 0 Å². The van der Waals surface area contributed by atoms with Gasteiger partial charge in [0.05, 0.1) is 18.8 Å². The molecule has 0 spiro atoms. The summed E-state index contributed by atoms with van der Waals surface area (Å²) in [5.74, 6) is 0.890. The van der Waals surface area contributed by atoms with Gasteiger partial charge >= 0.3 is 5.96 Å². The van der Waals surface area contributed by atoms with E-state index in [1.165, 1.54) is 0 Å². The van der Waals surface area contributed by atoms with Gasteiger partial charge in [-0.25, -0.2) is 0 Å². The van der Waals surface area contributed by atoms with Crippen LogP contribution in [0.4, 0.5) is 0 Å². The molecule has 1 aliphatic heterocycles. The molecule has 2 rings (SSSR count). The molecule has 0 saturated heterocycles. The van der Waals surface area contributed by atoms with E-state index in [2.05, 4.69) is 20.8 Å². The Morgan fingerprint density at radius 3 is 2.88 bits per heavy atom. The Labute approximate surface area is 95.5 Å². The largest absolute Gasteiger partial charge is 0.367 e. The first-order chi connectivity index (χ1) is 7.86. The van der Waals surface area contributed by atoms with Crippen LogP contribution in [0.3, 0.4) is 0 Å². The molecule has 0 aromatic heterocycles. The summed E-state index contributed by atoms with van der Waals surface area (Å²) in [7, 11) is 0. The van der Waals surface area contributed by atoms with Crippen LogP contribution < -0.4 is 15.7 Å². The zero-order valence-electron chi connectivity index (χ0n) is 9.46. The fraction of sp³-hybridized carbons (Fsp3) is 0.333. The molecular weight excluding hydrogens is 200 g/mol. The predicted octanol–water partition coefficient (Wildman–Crippen LogP) is -0.570. The molecule has 1 heterocycles. The van der Waals surface area contributed by atoms with Gasteiger partial charge in [-0.15, -0.1) is 5.10 Å². The van der Waals surface area contributed by atoms with E-state index in [-0.39, 0.29) is 0 Å². The van der Waals surface area contributed by atoms with Crippen molar-refractivity contribution in [1.82, 2.24) is 10.7 Å². The molecular formula is C12H17N4+. The Kier molecular flexibility index (Phi) is 3.53. The van der Waals surface area contributed by atoms with Crippen molar-refractivity contribution in [3.8, 4) is 0 Å². The van der Waals surface area contributed by atoms with Crippen molar-refractivity contribution in [2.75, 3.05) is 13.1 Å². The average Bonchev–Trinajstić information content (AvgIpc) is 2.38. The molecule has 0 amide bonds. The highest BCUT2D eigenvalue weighted by molar-refractivity contribution is 5.99. The minimum atomic E-state index is 0.890. The van der Waals surface area contributed by atoms with Gasteiger partial charge in [0, 0.05) is 6.42 Å². The van der Waals surface area contributed by atoms with Gasteiger partial charge in [-0.05, 0) is 12.5 Å². The molecule has 0 bridgehead atoms. The lowest BCUT2D eigenvalue weighted by atomic mass is 10.1. The van der Waals surface area contributed by atoms with E-state index >= 15 is 0 Å². The Hall–Kier alpha value is -1.84. The first-order valence-electron chi connectivity index (χ1n) is 5.57. The second-order valence-electron chi connectivity index (χ2n) is 3.76. The first kappa shape index (κ1) is 10.7. The molecule has 3 N–H and O–H groups in total. The SMILES string of the molecule is CC(=NNC1=[NH+]CCCN1)c1ccccc1. The summed E-state index contributed by atoms with van der Waals surface area (Å²) in [6.07, 6.45) is 1.15. The van der Waals surface area contributed by atoms with Gasteiger partial charge < -0.3 is 0 Å². The van der Waals surface area contributed by atoms with Crippen molar-refractivity contribution in [3.05, 3.63) is 35.9 Å². The molecule has 0 saturated carbocycles. The molecule has 0 unspecified atom stereocenters. The summed E-state index contributed by atoms with van der Waals surface area (Å²) in [4.78, 5) is 3.21. The minimum absolute atomic E-state index is 0.890. The molecule has 0 fully saturated rings. The van der Waals surface area contributed by atoms with Crippen LogP contribution in [-0.2, 0) is 0 Å². The van der Waals surface area contributed by atoms with Crippen LogP contribution in [0.2, 0.25) is 0 Å². The summed E-state index contributed by atoms with van der Waals surface area (Å²) in [5, 5.41) is 7.54. The van der Waals surface area contributed by atoms with Gasteiger partial charge in [-0.1, -0.05) is 30.3 Å². The third-order valence-electron chi connectivity index (χ3n) is 2.48. The molecule has 1 aromatic carbocycles. The summed E-state index contributed by atoms with van der Waals surface area (Å²) >= 11 is 0. The van der Waals surface area contributed by atoms with Crippen molar-refractivity contribution < 1.29 is 4.99 Å². The number of hydrazone groups is 1. The van der Waals surface area contributed by atoms with Crippen molar-refractivity contribution in [1.29, 1.82) is 0 Å². The Bertz CT molecular complexity index is 395. The highest BCUT2D eigenvalue weighted by atomic mass is 15.4. The van der Waals surface area contributed by atoms with E-state index in [9.17, 15) is 0 Å². The molecule has 1 aliphatic rings. The topological polar surface area (TPSA) is 50.4 Å². The summed E-state index contributed by atoms with van der Waals surface area (Å²) < 4.78 is 0. The van der Waals surface area contributed by atoms with Crippen LogP contribution in [-0.4, -0.2) is 24.8 Å². The lowest BCUT2D eigenvalue weighted by Crippen LogP contribution is -2.81. The fourth-order valence-electron chi connectivity index (χ4n) is 1.54. The summed E-state index contributed by atoms with van der Waals surface area (Å²) in [6, 6.07) is 10.1. The van der Waals surface area contributed by atoms with E-state index in [4.69, 9.17) is 0 Å². The van der Waals surface area contributed by atoms with E-state index in [0.29, 0.717) is 0 Å². The van der Waals surface area contributed by atoms with Crippen LogP contribution >= 0.6 is 0 Å². The molecule has 0 atom stereocenters.